The van der Waals surface area contributed by atoms with Crippen LogP contribution in [-0.4, -0.2) is 37.7 Å². The van der Waals surface area contributed by atoms with E-state index >= 15 is 0 Å². The van der Waals surface area contributed by atoms with Crippen molar-refractivity contribution >= 4 is 17.6 Å². The fourth-order valence-corrected chi connectivity index (χ4v) is 2.24. The van der Waals surface area contributed by atoms with Crippen molar-refractivity contribution in [2.75, 3.05) is 0 Å². The van der Waals surface area contributed by atoms with Gasteiger partial charge in [-0.05, 0) is 18.1 Å². The summed E-state index contributed by atoms with van der Waals surface area (Å²) in [6.45, 7) is 3.57. The predicted octanol–water partition coefficient (Wildman–Crippen LogP) is 2.01. The molecule has 9 nitrogen and oxygen atoms in total. The summed E-state index contributed by atoms with van der Waals surface area (Å²) in [5, 5.41) is 26.6. The second-order valence-electron chi connectivity index (χ2n) is 5.60. The van der Waals surface area contributed by atoms with Crippen molar-refractivity contribution in [3.05, 3.63) is 52.3 Å². The fraction of sp³-hybridized carbons (Fsp3) is 0.312. The van der Waals surface area contributed by atoms with Crippen LogP contribution >= 0.6 is 0 Å². The quantitative estimate of drug-likeness (QED) is 0.583. The van der Waals surface area contributed by atoms with Gasteiger partial charge in [-0.1, -0.05) is 26.3 Å². The minimum Gasteiger partial charge on any atom is -0.480 e. The molecule has 0 aliphatic heterocycles. The maximum absolute atomic E-state index is 12.2. The smallest absolute Gasteiger partial charge is 0.326 e. The van der Waals surface area contributed by atoms with Crippen LogP contribution in [0.1, 0.15) is 30.8 Å². The lowest BCUT2D eigenvalue weighted by Crippen LogP contribution is -2.45. The van der Waals surface area contributed by atoms with Crippen LogP contribution in [-0.2, 0) is 4.79 Å². The Morgan fingerprint density at radius 1 is 1.40 bits per heavy atom. The number of aromatic nitrogens is 2. The third kappa shape index (κ3) is 4.19. The minimum atomic E-state index is -1.11. The monoisotopic (exact) mass is 346 g/mol. The van der Waals surface area contributed by atoms with Crippen molar-refractivity contribution in [1.82, 2.24) is 15.1 Å². The fourth-order valence-electron chi connectivity index (χ4n) is 2.24. The predicted molar refractivity (Wildman–Crippen MR) is 88.6 cm³/mol. The second kappa shape index (κ2) is 7.56. The maximum Gasteiger partial charge on any atom is 0.326 e. The van der Waals surface area contributed by atoms with Gasteiger partial charge in [-0.25, -0.2) is 9.48 Å². The molecule has 1 aromatic carbocycles. The molecular formula is C16H18N4O5. The van der Waals surface area contributed by atoms with E-state index in [0.29, 0.717) is 12.1 Å². The van der Waals surface area contributed by atoms with Crippen molar-refractivity contribution < 1.29 is 19.6 Å². The third-order valence-electron chi connectivity index (χ3n) is 3.89. The SMILES string of the molecule is CCC(C)C(NC(=O)c1ccn(-c2cccc([N+](=O)[O-])c2)n1)C(=O)O. The molecule has 2 aromatic rings. The van der Waals surface area contributed by atoms with Gasteiger partial charge in [0.05, 0.1) is 10.6 Å². The molecule has 0 spiro atoms. The van der Waals surface area contributed by atoms with Gasteiger partial charge >= 0.3 is 5.97 Å². The highest BCUT2D eigenvalue weighted by Gasteiger charge is 2.26. The Bertz CT molecular complexity index is 801. The molecule has 2 rings (SSSR count). The van der Waals surface area contributed by atoms with Crippen LogP contribution in [0.2, 0.25) is 0 Å². The summed E-state index contributed by atoms with van der Waals surface area (Å²) >= 11 is 0. The van der Waals surface area contributed by atoms with Gasteiger partial charge in [-0.15, -0.1) is 0 Å². The summed E-state index contributed by atoms with van der Waals surface area (Å²) in [5.74, 6) is -1.96. The molecule has 0 aliphatic rings. The second-order valence-corrected chi connectivity index (χ2v) is 5.60. The summed E-state index contributed by atoms with van der Waals surface area (Å²) in [6.07, 6.45) is 2.08. The summed E-state index contributed by atoms with van der Waals surface area (Å²) in [6, 6.07) is 6.21. The lowest BCUT2D eigenvalue weighted by Gasteiger charge is -2.19. The Labute approximate surface area is 143 Å². The van der Waals surface area contributed by atoms with Crippen LogP contribution in [0.3, 0.4) is 0 Å². The zero-order valence-electron chi connectivity index (χ0n) is 13.7. The number of benzene rings is 1. The van der Waals surface area contributed by atoms with E-state index in [1.165, 1.54) is 35.1 Å². The van der Waals surface area contributed by atoms with Gasteiger partial charge in [0.15, 0.2) is 5.69 Å². The molecule has 0 aliphatic carbocycles. The first-order chi connectivity index (χ1) is 11.8. The molecule has 1 aromatic heterocycles. The average Bonchev–Trinajstić information content (AvgIpc) is 3.08. The van der Waals surface area contributed by atoms with Crippen LogP contribution in [0, 0.1) is 16.0 Å². The van der Waals surface area contributed by atoms with E-state index in [4.69, 9.17) is 0 Å². The summed E-state index contributed by atoms with van der Waals surface area (Å²) < 4.78 is 1.32. The number of nitro groups is 1. The Kier molecular flexibility index (Phi) is 5.48. The number of carboxylic acid groups (broad SMARTS) is 1. The van der Waals surface area contributed by atoms with Gasteiger partial charge in [0.2, 0.25) is 0 Å². The zero-order chi connectivity index (χ0) is 18.6. The number of carbonyl (C=O) groups excluding carboxylic acids is 1. The van der Waals surface area contributed by atoms with Crippen LogP contribution in [0.15, 0.2) is 36.5 Å². The molecule has 25 heavy (non-hydrogen) atoms. The average molecular weight is 346 g/mol. The maximum atomic E-state index is 12.2. The number of non-ortho nitro benzene ring substituents is 1. The number of amides is 1. The van der Waals surface area contributed by atoms with Crippen molar-refractivity contribution in [1.29, 1.82) is 0 Å². The molecule has 0 bridgehead atoms. The van der Waals surface area contributed by atoms with E-state index in [9.17, 15) is 24.8 Å². The number of carboxylic acids is 1. The molecule has 2 atom stereocenters. The molecule has 9 heteroatoms. The number of nitro benzene ring substituents is 1. The van der Waals surface area contributed by atoms with Gasteiger partial charge in [0.1, 0.15) is 6.04 Å². The number of nitrogens with one attached hydrogen (secondary N) is 1. The molecular weight excluding hydrogens is 328 g/mol. The number of rotatable bonds is 7. The lowest BCUT2D eigenvalue weighted by atomic mass is 9.99. The molecule has 0 saturated carbocycles. The zero-order valence-corrected chi connectivity index (χ0v) is 13.7. The first-order valence-electron chi connectivity index (χ1n) is 7.67. The van der Waals surface area contributed by atoms with Gasteiger partial charge < -0.3 is 10.4 Å². The number of hydrogen-bond acceptors (Lipinski definition) is 5. The Hall–Kier alpha value is -3.23. The first kappa shape index (κ1) is 18.1. The van der Waals surface area contributed by atoms with Gasteiger partial charge in [-0.3, -0.25) is 14.9 Å². The molecule has 1 amide bonds. The first-order valence-corrected chi connectivity index (χ1v) is 7.67. The van der Waals surface area contributed by atoms with Crippen molar-refractivity contribution in [2.24, 2.45) is 5.92 Å². The molecule has 0 radical (unpaired) electrons. The van der Waals surface area contributed by atoms with E-state index in [1.807, 2.05) is 6.92 Å². The Balaban J connectivity index is 2.20. The highest BCUT2D eigenvalue weighted by atomic mass is 16.6. The molecule has 132 valence electrons. The number of hydrogen-bond donors (Lipinski definition) is 2. The largest absolute Gasteiger partial charge is 0.480 e. The highest BCUT2D eigenvalue weighted by molar-refractivity contribution is 5.95. The van der Waals surface area contributed by atoms with E-state index in [1.54, 1.807) is 13.0 Å². The number of aliphatic carboxylic acids is 1. The molecule has 1 heterocycles. The topological polar surface area (TPSA) is 127 Å². The van der Waals surface area contributed by atoms with Crippen molar-refractivity contribution in [3.8, 4) is 5.69 Å². The molecule has 0 saturated heterocycles. The number of carbonyl (C=O) groups is 2. The molecule has 2 N–H and O–H groups in total. The van der Waals surface area contributed by atoms with E-state index in [-0.39, 0.29) is 17.3 Å². The van der Waals surface area contributed by atoms with Gasteiger partial charge in [0.25, 0.3) is 11.6 Å². The standard InChI is InChI=1S/C16H18N4O5/c1-3-10(2)14(16(22)23)17-15(21)13-7-8-19(18-13)11-5-4-6-12(9-11)20(24)25/h4-10,14H,3H2,1-2H3,(H,17,21)(H,22,23). The van der Waals surface area contributed by atoms with Gasteiger partial charge in [-0.2, -0.15) is 5.10 Å². The van der Waals surface area contributed by atoms with Crippen LogP contribution in [0.4, 0.5) is 5.69 Å². The normalized spacial score (nSPS) is 13.0. The third-order valence-corrected chi connectivity index (χ3v) is 3.89. The van der Waals surface area contributed by atoms with Crippen LogP contribution in [0.5, 0.6) is 0 Å². The van der Waals surface area contributed by atoms with Crippen LogP contribution in [0.25, 0.3) is 5.69 Å². The summed E-state index contributed by atoms with van der Waals surface area (Å²) in [7, 11) is 0. The van der Waals surface area contributed by atoms with E-state index in [0.717, 1.165) is 0 Å². The minimum absolute atomic E-state index is 0.0288. The molecule has 2 unspecified atom stereocenters. The highest BCUT2D eigenvalue weighted by Crippen LogP contribution is 2.16. The van der Waals surface area contributed by atoms with Crippen LogP contribution < -0.4 is 5.32 Å². The lowest BCUT2D eigenvalue weighted by molar-refractivity contribution is -0.384. The van der Waals surface area contributed by atoms with Crippen molar-refractivity contribution in [3.63, 3.8) is 0 Å². The summed E-state index contributed by atoms with van der Waals surface area (Å²) in [5.41, 5.74) is 0.354. The van der Waals surface area contributed by atoms with E-state index < -0.39 is 22.8 Å². The Morgan fingerprint density at radius 3 is 2.72 bits per heavy atom. The Morgan fingerprint density at radius 2 is 2.12 bits per heavy atom. The molecule has 0 fully saturated rings. The van der Waals surface area contributed by atoms with Gasteiger partial charge in [0, 0.05) is 18.3 Å². The van der Waals surface area contributed by atoms with E-state index in [2.05, 4.69) is 10.4 Å². The number of nitrogens with zero attached hydrogens (tertiary/aromatic N) is 3. The van der Waals surface area contributed by atoms with Crippen molar-refractivity contribution in [2.45, 2.75) is 26.3 Å². The summed E-state index contributed by atoms with van der Waals surface area (Å²) in [4.78, 5) is 33.8.